The standard InChI is InChI=1S/C9H12N2O3/c1-6-3-4-9(11(13)14)8(10-6)5-7(2)12/h3-4,7,12H,5H2,1-2H3. The van der Waals surface area contributed by atoms with Crippen LogP contribution in [0.5, 0.6) is 0 Å². The molecule has 1 heterocycles. The van der Waals surface area contributed by atoms with Gasteiger partial charge >= 0.3 is 0 Å². The lowest BCUT2D eigenvalue weighted by molar-refractivity contribution is -0.386. The van der Waals surface area contributed by atoms with Crippen molar-refractivity contribution in [3.8, 4) is 0 Å². The van der Waals surface area contributed by atoms with Crippen molar-refractivity contribution in [2.24, 2.45) is 0 Å². The molecule has 0 aliphatic rings. The van der Waals surface area contributed by atoms with Gasteiger partial charge in [0, 0.05) is 18.2 Å². The van der Waals surface area contributed by atoms with Crippen LogP contribution in [-0.2, 0) is 6.42 Å². The van der Waals surface area contributed by atoms with Crippen LogP contribution >= 0.6 is 0 Å². The summed E-state index contributed by atoms with van der Waals surface area (Å²) in [7, 11) is 0. The SMILES string of the molecule is Cc1ccc([N+](=O)[O-])c(CC(C)O)n1. The summed E-state index contributed by atoms with van der Waals surface area (Å²) in [5.41, 5.74) is 1.02. The molecule has 1 aromatic rings. The quantitative estimate of drug-likeness (QED) is 0.582. The molecule has 1 unspecified atom stereocenters. The Bertz CT molecular complexity index is 350. The summed E-state index contributed by atoms with van der Waals surface area (Å²) in [6.07, 6.45) is -0.416. The lowest BCUT2D eigenvalue weighted by atomic mass is 10.1. The molecule has 0 aliphatic heterocycles. The van der Waals surface area contributed by atoms with E-state index in [1.807, 2.05) is 0 Å². The van der Waals surface area contributed by atoms with E-state index in [2.05, 4.69) is 4.98 Å². The van der Waals surface area contributed by atoms with Crippen LogP contribution in [0.3, 0.4) is 0 Å². The molecule has 1 N–H and O–H groups in total. The maximum Gasteiger partial charge on any atom is 0.290 e. The number of nitrogens with zero attached hydrogens (tertiary/aromatic N) is 2. The Morgan fingerprint density at radius 2 is 2.29 bits per heavy atom. The van der Waals surface area contributed by atoms with Gasteiger partial charge in [-0.2, -0.15) is 0 Å². The molecule has 0 bridgehead atoms. The summed E-state index contributed by atoms with van der Waals surface area (Å²) in [6.45, 7) is 3.34. The third kappa shape index (κ3) is 2.50. The third-order valence-corrected chi connectivity index (χ3v) is 1.77. The lowest BCUT2D eigenvalue weighted by Gasteiger charge is -2.04. The van der Waals surface area contributed by atoms with Crippen LogP contribution < -0.4 is 0 Å². The summed E-state index contributed by atoms with van der Waals surface area (Å²) in [5.74, 6) is 0. The van der Waals surface area contributed by atoms with Crippen LogP contribution in [0.2, 0.25) is 0 Å². The molecule has 0 saturated heterocycles. The van der Waals surface area contributed by atoms with Gasteiger partial charge in [0.2, 0.25) is 0 Å². The molecule has 14 heavy (non-hydrogen) atoms. The first-order chi connectivity index (χ1) is 6.50. The fraction of sp³-hybridized carbons (Fsp3) is 0.444. The van der Waals surface area contributed by atoms with Crippen molar-refractivity contribution < 1.29 is 10.0 Å². The Morgan fingerprint density at radius 1 is 1.64 bits per heavy atom. The first-order valence-corrected chi connectivity index (χ1v) is 4.29. The van der Waals surface area contributed by atoms with E-state index in [0.717, 1.165) is 0 Å². The zero-order chi connectivity index (χ0) is 10.7. The van der Waals surface area contributed by atoms with Crippen LogP contribution in [0, 0.1) is 17.0 Å². The first-order valence-electron chi connectivity index (χ1n) is 4.29. The molecule has 0 saturated carbocycles. The van der Waals surface area contributed by atoms with Gasteiger partial charge in [0.25, 0.3) is 5.69 Å². The van der Waals surface area contributed by atoms with Gasteiger partial charge in [0.1, 0.15) is 5.69 Å². The molecule has 1 atom stereocenters. The Balaban J connectivity index is 3.09. The third-order valence-electron chi connectivity index (χ3n) is 1.77. The minimum Gasteiger partial charge on any atom is -0.393 e. The van der Waals surface area contributed by atoms with E-state index in [9.17, 15) is 10.1 Å². The van der Waals surface area contributed by atoms with Crippen LogP contribution in [0.15, 0.2) is 12.1 Å². The predicted octanol–water partition coefficient (Wildman–Crippen LogP) is 1.22. The molecule has 0 aromatic carbocycles. The number of nitro groups is 1. The van der Waals surface area contributed by atoms with Crippen molar-refractivity contribution in [1.82, 2.24) is 4.98 Å². The number of aliphatic hydroxyl groups excluding tert-OH is 1. The monoisotopic (exact) mass is 196 g/mol. The van der Waals surface area contributed by atoms with Gasteiger partial charge in [-0.15, -0.1) is 0 Å². The molecule has 1 aromatic heterocycles. The molecular formula is C9H12N2O3. The fourth-order valence-corrected chi connectivity index (χ4v) is 1.20. The summed E-state index contributed by atoms with van der Waals surface area (Å²) >= 11 is 0. The molecule has 0 spiro atoms. The molecule has 0 amide bonds. The predicted molar refractivity (Wildman–Crippen MR) is 51.0 cm³/mol. The van der Waals surface area contributed by atoms with Crippen LogP contribution in [0.4, 0.5) is 5.69 Å². The number of hydrogen-bond acceptors (Lipinski definition) is 4. The van der Waals surface area contributed by atoms with Crippen molar-refractivity contribution in [3.05, 3.63) is 33.6 Å². The van der Waals surface area contributed by atoms with Gasteiger partial charge in [-0.3, -0.25) is 15.1 Å². The Kier molecular flexibility index (Phi) is 3.14. The molecular weight excluding hydrogens is 184 g/mol. The van der Waals surface area contributed by atoms with E-state index < -0.39 is 11.0 Å². The lowest BCUT2D eigenvalue weighted by Crippen LogP contribution is -2.09. The highest BCUT2D eigenvalue weighted by atomic mass is 16.6. The van der Waals surface area contributed by atoms with E-state index in [1.165, 1.54) is 6.07 Å². The zero-order valence-electron chi connectivity index (χ0n) is 8.10. The van der Waals surface area contributed by atoms with Crippen LogP contribution in [0.25, 0.3) is 0 Å². The van der Waals surface area contributed by atoms with Gasteiger partial charge in [-0.05, 0) is 19.9 Å². The van der Waals surface area contributed by atoms with E-state index in [0.29, 0.717) is 11.4 Å². The van der Waals surface area contributed by atoms with E-state index in [-0.39, 0.29) is 12.1 Å². The van der Waals surface area contributed by atoms with Crippen molar-refractivity contribution in [1.29, 1.82) is 0 Å². The maximum atomic E-state index is 10.6. The van der Waals surface area contributed by atoms with Gasteiger partial charge in [-0.1, -0.05) is 0 Å². The van der Waals surface area contributed by atoms with Gasteiger partial charge < -0.3 is 5.11 Å². The second kappa shape index (κ2) is 4.15. The second-order valence-electron chi connectivity index (χ2n) is 3.23. The summed E-state index contributed by atoms with van der Waals surface area (Å²) in [6, 6.07) is 3.00. The van der Waals surface area contributed by atoms with Crippen molar-refractivity contribution in [3.63, 3.8) is 0 Å². The van der Waals surface area contributed by atoms with Gasteiger partial charge in [0.05, 0.1) is 11.0 Å². The van der Waals surface area contributed by atoms with Crippen LogP contribution in [0.1, 0.15) is 18.3 Å². The smallest absolute Gasteiger partial charge is 0.290 e. The Hall–Kier alpha value is -1.49. The molecule has 0 fully saturated rings. The highest BCUT2D eigenvalue weighted by Crippen LogP contribution is 2.17. The number of pyridine rings is 1. The molecule has 5 nitrogen and oxygen atoms in total. The van der Waals surface area contributed by atoms with Crippen molar-refractivity contribution in [2.75, 3.05) is 0 Å². The number of aryl methyl sites for hydroxylation is 1. The fourth-order valence-electron chi connectivity index (χ4n) is 1.20. The van der Waals surface area contributed by atoms with E-state index in [1.54, 1.807) is 19.9 Å². The van der Waals surface area contributed by atoms with E-state index in [4.69, 9.17) is 5.11 Å². The zero-order valence-corrected chi connectivity index (χ0v) is 8.10. The number of aromatic nitrogens is 1. The Labute approximate surface area is 81.6 Å². The maximum absolute atomic E-state index is 10.6. The highest BCUT2D eigenvalue weighted by Gasteiger charge is 2.16. The normalized spacial score (nSPS) is 12.5. The summed E-state index contributed by atoms with van der Waals surface area (Å²) in [5, 5.41) is 19.7. The van der Waals surface area contributed by atoms with Crippen LogP contribution in [-0.4, -0.2) is 21.1 Å². The molecule has 1 rings (SSSR count). The Morgan fingerprint density at radius 3 is 2.79 bits per heavy atom. The molecule has 0 radical (unpaired) electrons. The average Bonchev–Trinajstić information content (AvgIpc) is 2.01. The molecule has 5 heteroatoms. The highest BCUT2D eigenvalue weighted by molar-refractivity contribution is 5.36. The molecule has 0 aliphatic carbocycles. The molecule has 76 valence electrons. The van der Waals surface area contributed by atoms with Crippen molar-refractivity contribution >= 4 is 5.69 Å². The van der Waals surface area contributed by atoms with Gasteiger partial charge in [0.15, 0.2) is 0 Å². The minimum absolute atomic E-state index is 0.0310. The average molecular weight is 196 g/mol. The topological polar surface area (TPSA) is 76.3 Å². The van der Waals surface area contributed by atoms with E-state index >= 15 is 0 Å². The first kappa shape index (κ1) is 10.6. The minimum atomic E-state index is -0.622. The number of aliphatic hydroxyl groups is 1. The number of rotatable bonds is 3. The van der Waals surface area contributed by atoms with Gasteiger partial charge in [-0.25, -0.2) is 0 Å². The second-order valence-corrected chi connectivity index (χ2v) is 3.23. The summed E-state index contributed by atoms with van der Waals surface area (Å²) in [4.78, 5) is 14.1. The summed E-state index contributed by atoms with van der Waals surface area (Å²) < 4.78 is 0. The number of hydrogen-bond donors (Lipinski definition) is 1. The van der Waals surface area contributed by atoms with Crippen molar-refractivity contribution in [2.45, 2.75) is 26.4 Å². The largest absolute Gasteiger partial charge is 0.393 e.